The molecule has 0 spiro atoms. The van der Waals surface area contributed by atoms with Crippen LogP contribution in [0.3, 0.4) is 0 Å². The number of carboxylic acid groups (broad SMARTS) is 1. The maximum absolute atomic E-state index is 12.1. The zero-order valence-electron chi connectivity index (χ0n) is 11.0. The van der Waals surface area contributed by atoms with Gasteiger partial charge in [0.1, 0.15) is 0 Å². The highest BCUT2D eigenvalue weighted by molar-refractivity contribution is 7.09. The molecule has 1 unspecified atom stereocenters. The predicted molar refractivity (Wildman–Crippen MR) is 72.1 cm³/mol. The normalized spacial score (nSPS) is 18.8. The molecule has 1 aromatic rings. The molecule has 104 valence electrons. The summed E-state index contributed by atoms with van der Waals surface area (Å²) < 4.78 is 0. The summed E-state index contributed by atoms with van der Waals surface area (Å²) >= 11 is 1.55. The van der Waals surface area contributed by atoms with Gasteiger partial charge in [-0.3, -0.25) is 9.59 Å². The average Bonchev–Trinajstić information content (AvgIpc) is 2.95. The molecule has 0 radical (unpaired) electrons. The van der Waals surface area contributed by atoms with Crippen LogP contribution < -0.4 is 0 Å². The SMILES string of the molecule is Cc1nc(CC(=O)N2CCC(CCC(=O)O)C2)cs1. The van der Waals surface area contributed by atoms with Gasteiger partial charge in [0.15, 0.2) is 0 Å². The van der Waals surface area contributed by atoms with Gasteiger partial charge in [-0.15, -0.1) is 11.3 Å². The fourth-order valence-corrected chi connectivity index (χ4v) is 2.99. The molecule has 5 nitrogen and oxygen atoms in total. The van der Waals surface area contributed by atoms with Crippen LogP contribution in [-0.4, -0.2) is 40.0 Å². The van der Waals surface area contributed by atoms with E-state index < -0.39 is 5.97 Å². The van der Waals surface area contributed by atoms with Gasteiger partial charge in [0.05, 0.1) is 17.1 Å². The molecule has 2 heterocycles. The van der Waals surface area contributed by atoms with E-state index in [2.05, 4.69) is 4.98 Å². The van der Waals surface area contributed by atoms with Gasteiger partial charge in [0.25, 0.3) is 0 Å². The number of carbonyl (C=O) groups excluding carboxylic acids is 1. The standard InChI is InChI=1S/C13H18N2O3S/c1-9-14-11(8-19-9)6-12(16)15-5-4-10(7-15)2-3-13(17)18/h8,10H,2-7H2,1H3,(H,17,18). The van der Waals surface area contributed by atoms with Gasteiger partial charge in [0, 0.05) is 24.9 Å². The van der Waals surface area contributed by atoms with Crippen LogP contribution in [0.15, 0.2) is 5.38 Å². The van der Waals surface area contributed by atoms with Gasteiger partial charge in [0.2, 0.25) is 5.91 Å². The number of aromatic nitrogens is 1. The number of carbonyl (C=O) groups is 2. The second kappa shape index (κ2) is 6.14. The van der Waals surface area contributed by atoms with Crippen LogP contribution in [0.1, 0.15) is 30.0 Å². The van der Waals surface area contributed by atoms with Gasteiger partial charge in [-0.25, -0.2) is 4.98 Å². The van der Waals surface area contributed by atoms with E-state index in [0.717, 1.165) is 23.7 Å². The third kappa shape index (κ3) is 4.02. The number of thiazole rings is 1. The van der Waals surface area contributed by atoms with Crippen molar-refractivity contribution in [3.05, 3.63) is 16.1 Å². The lowest BCUT2D eigenvalue weighted by Crippen LogP contribution is -2.30. The minimum absolute atomic E-state index is 0.100. The zero-order valence-corrected chi connectivity index (χ0v) is 11.8. The Morgan fingerprint density at radius 1 is 1.58 bits per heavy atom. The van der Waals surface area contributed by atoms with Crippen LogP contribution in [-0.2, 0) is 16.0 Å². The Morgan fingerprint density at radius 2 is 2.37 bits per heavy atom. The number of nitrogens with zero attached hydrogens (tertiary/aromatic N) is 2. The van der Waals surface area contributed by atoms with Crippen LogP contribution >= 0.6 is 11.3 Å². The maximum Gasteiger partial charge on any atom is 0.303 e. The van der Waals surface area contributed by atoms with Crippen molar-refractivity contribution >= 4 is 23.2 Å². The molecular formula is C13H18N2O3S. The zero-order chi connectivity index (χ0) is 13.8. The summed E-state index contributed by atoms with van der Waals surface area (Å²) in [5.74, 6) is -0.330. The Labute approximate surface area is 116 Å². The lowest BCUT2D eigenvalue weighted by molar-refractivity contribution is -0.137. The number of hydrogen-bond donors (Lipinski definition) is 1. The lowest BCUT2D eigenvalue weighted by atomic mass is 10.0. The molecule has 1 fully saturated rings. The Hall–Kier alpha value is -1.43. The van der Waals surface area contributed by atoms with E-state index in [1.165, 1.54) is 0 Å². The summed E-state index contributed by atoms with van der Waals surface area (Å²) in [4.78, 5) is 28.7. The molecule has 1 saturated heterocycles. The topological polar surface area (TPSA) is 70.5 Å². The summed E-state index contributed by atoms with van der Waals surface area (Å²) in [6, 6.07) is 0. The number of hydrogen-bond acceptors (Lipinski definition) is 4. The molecule has 0 saturated carbocycles. The van der Waals surface area contributed by atoms with E-state index in [-0.39, 0.29) is 12.3 Å². The second-order valence-corrected chi connectivity index (χ2v) is 6.02. The minimum atomic E-state index is -0.761. The van der Waals surface area contributed by atoms with Crippen LogP contribution in [0, 0.1) is 12.8 Å². The Morgan fingerprint density at radius 3 is 3.00 bits per heavy atom. The Kier molecular flexibility index (Phi) is 4.52. The van der Waals surface area contributed by atoms with E-state index in [0.29, 0.717) is 25.3 Å². The van der Waals surface area contributed by atoms with Crippen molar-refractivity contribution in [2.75, 3.05) is 13.1 Å². The van der Waals surface area contributed by atoms with Crippen molar-refractivity contribution in [3.63, 3.8) is 0 Å². The fourth-order valence-electron chi connectivity index (χ4n) is 2.38. The molecule has 0 aliphatic carbocycles. The van der Waals surface area contributed by atoms with Crippen molar-refractivity contribution in [3.8, 4) is 0 Å². The highest BCUT2D eigenvalue weighted by Crippen LogP contribution is 2.22. The van der Waals surface area contributed by atoms with Crippen molar-refractivity contribution in [2.24, 2.45) is 5.92 Å². The summed E-state index contributed by atoms with van der Waals surface area (Å²) in [6.07, 6.45) is 2.12. The monoisotopic (exact) mass is 282 g/mol. The van der Waals surface area contributed by atoms with E-state index in [4.69, 9.17) is 5.11 Å². The summed E-state index contributed by atoms with van der Waals surface area (Å²) in [7, 11) is 0. The highest BCUT2D eigenvalue weighted by Gasteiger charge is 2.26. The number of carboxylic acids is 1. The van der Waals surface area contributed by atoms with Gasteiger partial charge in [-0.1, -0.05) is 0 Å². The number of aliphatic carboxylic acids is 1. The van der Waals surface area contributed by atoms with Crippen LogP contribution in [0.25, 0.3) is 0 Å². The van der Waals surface area contributed by atoms with Crippen molar-refractivity contribution in [2.45, 2.75) is 32.6 Å². The Balaban J connectivity index is 1.80. The molecule has 0 aromatic carbocycles. The molecule has 0 bridgehead atoms. The highest BCUT2D eigenvalue weighted by atomic mass is 32.1. The molecule has 1 atom stereocenters. The fraction of sp³-hybridized carbons (Fsp3) is 0.615. The Bertz CT molecular complexity index is 472. The quantitative estimate of drug-likeness (QED) is 0.892. The third-order valence-corrected chi connectivity index (χ3v) is 4.23. The van der Waals surface area contributed by atoms with Crippen LogP contribution in [0.4, 0.5) is 0 Å². The predicted octanol–water partition coefficient (Wildman–Crippen LogP) is 1.71. The van der Waals surface area contributed by atoms with E-state index in [9.17, 15) is 9.59 Å². The number of rotatable bonds is 5. The summed E-state index contributed by atoms with van der Waals surface area (Å²) in [5, 5.41) is 11.6. The van der Waals surface area contributed by atoms with E-state index in [1.807, 2.05) is 17.2 Å². The molecule has 1 aromatic heterocycles. The minimum Gasteiger partial charge on any atom is -0.481 e. The van der Waals surface area contributed by atoms with Crippen LogP contribution in [0.2, 0.25) is 0 Å². The smallest absolute Gasteiger partial charge is 0.303 e. The maximum atomic E-state index is 12.1. The number of likely N-dealkylation sites (tertiary alicyclic amines) is 1. The largest absolute Gasteiger partial charge is 0.481 e. The van der Waals surface area contributed by atoms with Crippen LogP contribution in [0.5, 0.6) is 0 Å². The molecular weight excluding hydrogens is 264 g/mol. The first kappa shape index (κ1) is 14.0. The molecule has 1 aliphatic rings. The number of aryl methyl sites for hydroxylation is 1. The molecule has 1 aliphatic heterocycles. The molecule has 6 heteroatoms. The average molecular weight is 282 g/mol. The third-order valence-electron chi connectivity index (χ3n) is 3.40. The molecule has 2 rings (SSSR count). The first-order valence-electron chi connectivity index (χ1n) is 6.45. The van der Waals surface area contributed by atoms with Gasteiger partial charge >= 0.3 is 5.97 Å². The van der Waals surface area contributed by atoms with Gasteiger partial charge in [-0.2, -0.15) is 0 Å². The van der Waals surface area contributed by atoms with Crippen molar-refractivity contribution in [1.29, 1.82) is 0 Å². The second-order valence-electron chi connectivity index (χ2n) is 4.96. The van der Waals surface area contributed by atoms with Gasteiger partial charge < -0.3 is 10.0 Å². The van der Waals surface area contributed by atoms with E-state index in [1.54, 1.807) is 11.3 Å². The summed E-state index contributed by atoms with van der Waals surface area (Å²) in [5.41, 5.74) is 0.835. The van der Waals surface area contributed by atoms with Crippen molar-refractivity contribution < 1.29 is 14.7 Å². The first-order valence-corrected chi connectivity index (χ1v) is 7.33. The lowest BCUT2D eigenvalue weighted by Gasteiger charge is -2.15. The first-order chi connectivity index (χ1) is 9.04. The molecule has 1 amide bonds. The van der Waals surface area contributed by atoms with E-state index >= 15 is 0 Å². The summed E-state index contributed by atoms with van der Waals surface area (Å²) in [6.45, 7) is 3.36. The number of amides is 1. The molecule has 19 heavy (non-hydrogen) atoms. The van der Waals surface area contributed by atoms with Crippen molar-refractivity contribution in [1.82, 2.24) is 9.88 Å². The molecule has 1 N–H and O–H groups in total. The van der Waals surface area contributed by atoms with Gasteiger partial charge in [-0.05, 0) is 25.7 Å².